The first-order chi connectivity index (χ1) is 8.43. The van der Waals surface area contributed by atoms with Crippen molar-refractivity contribution in [1.82, 2.24) is 20.1 Å². The summed E-state index contributed by atoms with van der Waals surface area (Å²) in [6.07, 6.45) is 3.64. The van der Waals surface area contributed by atoms with Gasteiger partial charge >= 0.3 is 0 Å². The van der Waals surface area contributed by atoms with Crippen LogP contribution in [0.1, 0.15) is 5.89 Å². The van der Waals surface area contributed by atoms with E-state index in [2.05, 4.69) is 25.4 Å². The van der Waals surface area contributed by atoms with Gasteiger partial charge < -0.3 is 9.84 Å². The second-order valence-electron chi connectivity index (χ2n) is 3.37. The molecule has 0 atom stereocenters. The molecule has 3 aromatic heterocycles. The van der Waals surface area contributed by atoms with Crippen LogP contribution in [-0.2, 0) is 6.42 Å². The van der Waals surface area contributed by atoms with Crippen LogP contribution >= 0.6 is 11.3 Å². The fraction of sp³-hybridized carbons (Fsp3) is 0.200. The number of nitrogens with one attached hydrogen (secondary N) is 1. The number of thiophene rings is 1. The van der Waals surface area contributed by atoms with Crippen LogP contribution in [0.2, 0.25) is 0 Å². The van der Waals surface area contributed by atoms with Crippen LogP contribution in [-0.4, -0.2) is 26.7 Å². The number of anilines is 1. The van der Waals surface area contributed by atoms with Crippen molar-refractivity contribution in [3.63, 3.8) is 0 Å². The molecule has 0 saturated heterocycles. The zero-order valence-corrected chi connectivity index (χ0v) is 9.65. The standard InChI is InChI=1S/C10H9N5OS/c1(8-13-6-15-16-8)3-11-10-9-7(2-4-17-9)12-5-14-10/h2,4-6H,1,3H2,(H,11,12,14). The van der Waals surface area contributed by atoms with Crippen LogP contribution < -0.4 is 5.32 Å². The number of nitrogens with zero attached hydrogens (tertiary/aromatic N) is 4. The van der Waals surface area contributed by atoms with E-state index >= 15 is 0 Å². The minimum absolute atomic E-state index is 0.619. The van der Waals surface area contributed by atoms with Crippen molar-refractivity contribution in [3.8, 4) is 0 Å². The monoisotopic (exact) mass is 247 g/mol. The first-order valence-corrected chi connectivity index (χ1v) is 5.99. The van der Waals surface area contributed by atoms with Gasteiger partial charge in [0.25, 0.3) is 0 Å². The minimum Gasteiger partial charge on any atom is -0.368 e. The highest BCUT2D eigenvalue weighted by Crippen LogP contribution is 2.24. The van der Waals surface area contributed by atoms with E-state index in [0.717, 1.165) is 16.0 Å². The molecular weight excluding hydrogens is 238 g/mol. The molecule has 7 heteroatoms. The smallest absolute Gasteiger partial charge is 0.228 e. The second kappa shape index (κ2) is 4.46. The van der Waals surface area contributed by atoms with Gasteiger partial charge in [0.2, 0.25) is 5.89 Å². The summed E-state index contributed by atoms with van der Waals surface area (Å²) in [5.41, 5.74) is 0.963. The van der Waals surface area contributed by atoms with E-state index in [1.165, 1.54) is 6.33 Å². The van der Waals surface area contributed by atoms with Crippen LogP contribution in [0.4, 0.5) is 5.82 Å². The molecule has 0 radical (unpaired) electrons. The lowest BCUT2D eigenvalue weighted by molar-refractivity contribution is 0.380. The van der Waals surface area contributed by atoms with Crippen LogP contribution in [0.3, 0.4) is 0 Å². The van der Waals surface area contributed by atoms with Crippen molar-refractivity contribution in [2.24, 2.45) is 0 Å². The summed E-state index contributed by atoms with van der Waals surface area (Å²) in [5.74, 6) is 1.47. The maximum Gasteiger partial charge on any atom is 0.228 e. The summed E-state index contributed by atoms with van der Waals surface area (Å²) in [5, 5.41) is 8.80. The van der Waals surface area contributed by atoms with E-state index in [9.17, 15) is 0 Å². The molecule has 3 heterocycles. The molecule has 0 amide bonds. The number of fused-ring (bicyclic) bond motifs is 1. The van der Waals surface area contributed by atoms with E-state index in [-0.39, 0.29) is 0 Å². The predicted molar refractivity (Wildman–Crippen MR) is 63.9 cm³/mol. The molecule has 0 unspecified atom stereocenters. The van der Waals surface area contributed by atoms with Crippen LogP contribution in [0.5, 0.6) is 0 Å². The lowest BCUT2D eigenvalue weighted by Gasteiger charge is -2.03. The Morgan fingerprint density at radius 3 is 3.12 bits per heavy atom. The highest BCUT2D eigenvalue weighted by molar-refractivity contribution is 7.17. The SMILES string of the molecule is c1noc(CCNc2ncnc3ccsc23)n1. The molecule has 0 aliphatic rings. The van der Waals surface area contributed by atoms with Gasteiger partial charge in [-0.25, -0.2) is 9.97 Å². The van der Waals surface area contributed by atoms with Crippen molar-refractivity contribution in [2.75, 3.05) is 11.9 Å². The van der Waals surface area contributed by atoms with Gasteiger partial charge in [0.1, 0.15) is 12.1 Å². The molecule has 0 aromatic carbocycles. The third-order valence-electron chi connectivity index (χ3n) is 2.28. The average Bonchev–Trinajstić information content (AvgIpc) is 2.99. The molecule has 6 nitrogen and oxygen atoms in total. The zero-order valence-electron chi connectivity index (χ0n) is 8.83. The third kappa shape index (κ3) is 2.09. The van der Waals surface area contributed by atoms with Gasteiger partial charge in [-0.3, -0.25) is 0 Å². The van der Waals surface area contributed by atoms with Gasteiger partial charge in [-0.05, 0) is 11.4 Å². The number of aromatic nitrogens is 4. The summed E-state index contributed by atoms with van der Waals surface area (Å²) in [7, 11) is 0. The molecule has 86 valence electrons. The molecular formula is C10H9N5OS. The number of rotatable bonds is 4. The Kier molecular flexibility index (Phi) is 2.66. The van der Waals surface area contributed by atoms with Crippen molar-refractivity contribution >= 4 is 27.4 Å². The first kappa shape index (κ1) is 10.2. The Bertz CT molecular complexity index is 606. The van der Waals surface area contributed by atoms with Crippen molar-refractivity contribution in [1.29, 1.82) is 0 Å². The zero-order chi connectivity index (χ0) is 11.5. The first-order valence-electron chi connectivity index (χ1n) is 5.11. The van der Waals surface area contributed by atoms with E-state index in [4.69, 9.17) is 4.52 Å². The highest BCUT2D eigenvalue weighted by atomic mass is 32.1. The predicted octanol–water partition coefficient (Wildman–Crippen LogP) is 1.73. The topological polar surface area (TPSA) is 76.7 Å². The highest BCUT2D eigenvalue weighted by Gasteiger charge is 2.05. The summed E-state index contributed by atoms with van der Waals surface area (Å²) >= 11 is 1.62. The summed E-state index contributed by atoms with van der Waals surface area (Å²) in [4.78, 5) is 12.3. The molecule has 3 rings (SSSR count). The Hall–Kier alpha value is -2.02. The lowest BCUT2D eigenvalue weighted by Crippen LogP contribution is -2.06. The lowest BCUT2D eigenvalue weighted by atomic mass is 10.4. The van der Waals surface area contributed by atoms with Gasteiger partial charge in [0.05, 0.1) is 10.2 Å². The van der Waals surface area contributed by atoms with E-state index in [0.29, 0.717) is 18.9 Å². The molecule has 0 spiro atoms. The average molecular weight is 247 g/mol. The molecule has 0 aliphatic carbocycles. The summed E-state index contributed by atoms with van der Waals surface area (Å²) in [6.45, 7) is 0.701. The number of hydrogen-bond acceptors (Lipinski definition) is 7. The maximum atomic E-state index is 4.91. The van der Waals surface area contributed by atoms with E-state index in [1.807, 2.05) is 11.4 Å². The van der Waals surface area contributed by atoms with Gasteiger partial charge in [-0.1, -0.05) is 5.16 Å². The van der Waals surface area contributed by atoms with Gasteiger partial charge in [0, 0.05) is 13.0 Å². The van der Waals surface area contributed by atoms with E-state index in [1.54, 1.807) is 17.7 Å². The van der Waals surface area contributed by atoms with Gasteiger partial charge in [-0.15, -0.1) is 11.3 Å². The molecule has 3 aromatic rings. The Morgan fingerprint density at radius 1 is 1.24 bits per heavy atom. The molecule has 0 saturated carbocycles. The second-order valence-corrected chi connectivity index (χ2v) is 4.29. The van der Waals surface area contributed by atoms with Gasteiger partial charge in [-0.2, -0.15) is 4.98 Å². The Balaban J connectivity index is 1.70. The Labute approximate surface area is 101 Å². The van der Waals surface area contributed by atoms with E-state index < -0.39 is 0 Å². The van der Waals surface area contributed by atoms with Crippen molar-refractivity contribution in [2.45, 2.75) is 6.42 Å². The quantitative estimate of drug-likeness (QED) is 0.756. The van der Waals surface area contributed by atoms with Crippen LogP contribution in [0, 0.1) is 0 Å². The van der Waals surface area contributed by atoms with Gasteiger partial charge in [0.15, 0.2) is 6.33 Å². The largest absolute Gasteiger partial charge is 0.368 e. The minimum atomic E-state index is 0.619. The normalized spacial score (nSPS) is 10.8. The Morgan fingerprint density at radius 2 is 2.24 bits per heavy atom. The molecule has 0 aliphatic heterocycles. The molecule has 1 N–H and O–H groups in total. The molecule has 17 heavy (non-hydrogen) atoms. The summed E-state index contributed by atoms with van der Waals surface area (Å²) in [6, 6.07) is 1.98. The summed E-state index contributed by atoms with van der Waals surface area (Å²) < 4.78 is 5.98. The molecule has 0 fully saturated rings. The fourth-order valence-electron chi connectivity index (χ4n) is 1.51. The van der Waals surface area contributed by atoms with Crippen LogP contribution in [0.15, 0.2) is 28.6 Å². The number of hydrogen-bond donors (Lipinski definition) is 1. The maximum absolute atomic E-state index is 4.91. The fourth-order valence-corrected chi connectivity index (χ4v) is 2.32. The van der Waals surface area contributed by atoms with Crippen molar-refractivity contribution < 1.29 is 4.52 Å². The van der Waals surface area contributed by atoms with Crippen molar-refractivity contribution in [3.05, 3.63) is 30.0 Å². The third-order valence-corrected chi connectivity index (χ3v) is 3.19. The van der Waals surface area contributed by atoms with Crippen LogP contribution in [0.25, 0.3) is 10.2 Å². The molecule has 0 bridgehead atoms.